The Balaban J connectivity index is 2.23. The van der Waals surface area contributed by atoms with Crippen molar-refractivity contribution in [2.75, 3.05) is 11.9 Å². The summed E-state index contributed by atoms with van der Waals surface area (Å²) in [6.07, 6.45) is 1.08. The number of hydrogen-bond acceptors (Lipinski definition) is 4. The molecule has 1 heterocycles. The highest BCUT2D eigenvalue weighted by Crippen LogP contribution is 2.21. The quantitative estimate of drug-likeness (QED) is 0.934. The Morgan fingerprint density at radius 1 is 1.23 bits per heavy atom. The highest BCUT2D eigenvalue weighted by atomic mass is 32.2. The van der Waals surface area contributed by atoms with Gasteiger partial charge in [-0.1, -0.05) is 26.0 Å². The van der Waals surface area contributed by atoms with Gasteiger partial charge in [-0.15, -0.1) is 0 Å². The summed E-state index contributed by atoms with van der Waals surface area (Å²) in [6, 6.07) is 8.71. The topological polar surface area (TPSA) is 93.6 Å². The van der Waals surface area contributed by atoms with E-state index in [4.69, 9.17) is 9.56 Å². The Hall–Kier alpha value is -2.12. The Morgan fingerprint density at radius 3 is 2.27 bits per heavy atom. The van der Waals surface area contributed by atoms with Crippen LogP contribution in [-0.2, 0) is 10.0 Å². The van der Waals surface area contributed by atoms with Crippen molar-refractivity contribution in [2.24, 2.45) is 5.14 Å². The summed E-state index contributed by atoms with van der Waals surface area (Å²) < 4.78 is 27.2. The molecule has 0 atom stereocenters. The summed E-state index contributed by atoms with van der Waals surface area (Å²) >= 11 is 0. The minimum atomic E-state index is -3.96. The van der Waals surface area contributed by atoms with Crippen LogP contribution in [0.3, 0.4) is 0 Å². The first-order valence-corrected chi connectivity index (χ1v) is 8.24. The van der Waals surface area contributed by atoms with Crippen LogP contribution in [0.2, 0.25) is 0 Å². The largest absolute Gasteiger partial charge is 0.451 e. The van der Waals surface area contributed by atoms with Crippen LogP contribution in [0.4, 0.5) is 5.69 Å². The molecule has 0 bridgehead atoms. The molecular formula is C15H18N2O4S. The number of sulfonamides is 1. The zero-order valence-corrected chi connectivity index (χ0v) is 13.4. The van der Waals surface area contributed by atoms with Crippen molar-refractivity contribution >= 4 is 21.6 Å². The zero-order valence-electron chi connectivity index (χ0n) is 12.6. The molecule has 7 heteroatoms. The van der Waals surface area contributed by atoms with Crippen molar-refractivity contribution in [3.63, 3.8) is 0 Å². The molecule has 118 valence electrons. The molecule has 0 aliphatic rings. The number of nitrogens with two attached hydrogens (primary N) is 1. The van der Waals surface area contributed by atoms with Crippen LogP contribution in [0, 0.1) is 0 Å². The predicted molar refractivity (Wildman–Crippen MR) is 83.3 cm³/mol. The lowest BCUT2D eigenvalue weighted by atomic mass is 10.0. The van der Waals surface area contributed by atoms with Crippen LogP contribution in [0.1, 0.15) is 35.7 Å². The Kier molecular flexibility index (Phi) is 4.39. The maximum absolute atomic E-state index is 12.3. The number of carbonyl (C=O) groups excluding carboxylic acids is 1. The van der Waals surface area contributed by atoms with Gasteiger partial charge in [0.25, 0.3) is 15.9 Å². The fraction of sp³-hybridized carbons (Fsp3) is 0.267. The second-order valence-corrected chi connectivity index (χ2v) is 6.80. The molecule has 0 aliphatic heterocycles. The molecule has 6 nitrogen and oxygen atoms in total. The van der Waals surface area contributed by atoms with E-state index in [0.717, 1.165) is 12.3 Å². The molecule has 0 saturated carbocycles. The molecule has 1 aromatic heterocycles. The fourth-order valence-corrected chi connectivity index (χ4v) is 2.45. The number of furan rings is 1. The van der Waals surface area contributed by atoms with Crippen molar-refractivity contribution in [3.05, 3.63) is 47.7 Å². The maximum atomic E-state index is 12.3. The highest BCUT2D eigenvalue weighted by molar-refractivity contribution is 7.89. The lowest BCUT2D eigenvalue weighted by Gasteiger charge is -2.17. The molecular weight excluding hydrogens is 304 g/mol. The Morgan fingerprint density at radius 2 is 1.82 bits per heavy atom. The SMILES string of the molecule is CC(C)c1ccc(N(C)C(=O)c2coc(S(N)(=O)=O)c2)cc1. The van der Waals surface area contributed by atoms with Crippen LogP contribution in [-0.4, -0.2) is 21.4 Å². The third-order valence-corrected chi connectivity index (χ3v) is 4.13. The van der Waals surface area contributed by atoms with Gasteiger partial charge in [0.1, 0.15) is 6.26 Å². The lowest BCUT2D eigenvalue weighted by Crippen LogP contribution is -2.25. The number of anilines is 1. The second-order valence-electron chi connectivity index (χ2n) is 5.31. The minimum absolute atomic E-state index is 0.125. The number of nitrogens with zero attached hydrogens (tertiary/aromatic N) is 1. The lowest BCUT2D eigenvalue weighted by molar-refractivity contribution is 0.0992. The van der Waals surface area contributed by atoms with E-state index in [0.29, 0.717) is 11.6 Å². The van der Waals surface area contributed by atoms with Gasteiger partial charge < -0.3 is 9.32 Å². The third-order valence-electron chi connectivity index (χ3n) is 3.35. The number of hydrogen-bond donors (Lipinski definition) is 1. The molecule has 0 radical (unpaired) electrons. The van der Waals surface area contributed by atoms with Crippen LogP contribution in [0.25, 0.3) is 0 Å². The minimum Gasteiger partial charge on any atom is -0.451 e. The number of carbonyl (C=O) groups is 1. The van der Waals surface area contributed by atoms with Gasteiger partial charge in [0.05, 0.1) is 5.56 Å². The van der Waals surface area contributed by atoms with Crippen molar-refractivity contribution in [1.29, 1.82) is 0 Å². The van der Waals surface area contributed by atoms with Gasteiger partial charge in [0, 0.05) is 18.8 Å². The van der Waals surface area contributed by atoms with Gasteiger partial charge in [-0.2, -0.15) is 0 Å². The molecule has 0 unspecified atom stereocenters. The van der Waals surface area contributed by atoms with Crippen molar-refractivity contribution in [1.82, 2.24) is 0 Å². The zero-order chi connectivity index (χ0) is 16.5. The van der Waals surface area contributed by atoms with Crippen LogP contribution in [0.15, 0.2) is 46.1 Å². The van der Waals surface area contributed by atoms with Crippen molar-refractivity contribution < 1.29 is 17.6 Å². The summed E-state index contributed by atoms with van der Waals surface area (Å²) in [5.41, 5.74) is 2.00. The van der Waals surface area contributed by atoms with E-state index in [9.17, 15) is 13.2 Å². The average Bonchev–Trinajstić information content (AvgIpc) is 2.95. The summed E-state index contributed by atoms with van der Waals surface area (Å²) in [4.78, 5) is 13.8. The first-order valence-electron chi connectivity index (χ1n) is 6.69. The van der Waals surface area contributed by atoms with Crippen LogP contribution in [0.5, 0.6) is 0 Å². The molecule has 2 rings (SSSR count). The molecule has 1 aromatic carbocycles. The van der Waals surface area contributed by atoms with Gasteiger partial charge >= 0.3 is 0 Å². The molecule has 0 aliphatic carbocycles. The van der Waals surface area contributed by atoms with Crippen LogP contribution >= 0.6 is 0 Å². The summed E-state index contributed by atoms with van der Waals surface area (Å²) in [7, 11) is -2.35. The van der Waals surface area contributed by atoms with Crippen molar-refractivity contribution in [3.8, 4) is 0 Å². The third kappa shape index (κ3) is 3.37. The normalized spacial score (nSPS) is 11.7. The van der Waals surface area contributed by atoms with E-state index in [1.165, 1.54) is 10.5 Å². The number of benzene rings is 1. The van der Waals surface area contributed by atoms with E-state index < -0.39 is 15.1 Å². The monoisotopic (exact) mass is 322 g/mol. The maximum Gasteiger partial charge on any atom is 0.271 e. The fourth-order valence-electron chi connectivity index (χ4n) is 1.97. The predicted octanol–water partition coefficient (Wildman–Crippen LogP) is 2.33. The Labute approximate surface area is 129 Å². The molecule has 0 fully saturated rings. The van der Waals surface area contributed by atoms with E-state index in [1.54, 1.807) is 7.05 Å². The average molecular weight is 322 g/mol. The molecule has 2 N–H and O–H groups in total. The van der Waals surface area contributed by atoms with E-state index in [2.05, 4.69) is 13.8 Å². The van der Waals surface area contributed by atoms with Gasteiger partial charge in [0.15, 0.2) is 0 Å². The molecule has 2 aromatic rings. The van der Waals surface area contributed by atoms with Gasteiger partial charge in [-0.05, 0) is 23.6 Å². The Bertz CT molecular complexity index is 776. The van der Waals surface area contributed by atoms with E-state index in [-0.39, 0.29) is 11.5 Å². The second kappa shape index (κ2) is 5.94. The summed E-state index contributed by atoms with van der Waals surface area (Å²) in [5.74, 6) is 0.0252. The van der Waals surface area contributed by atoms with Gasteiger partial charge in [0.2, 0.25) is 5.09 Å². The number of amides is 1. The standard InChI is InChI=1S/C15H18N2O4S/c1-10(2)11-4-6-13(7-5-11)17(3)15(18)12-8-14(21-9-12)22(16,19)20/h4-10H,1-3H3,(H2,16,19,20). The summed E-state index contributed by atoms with van der Waals surface area (Å²) in [6.45, 7) is 4.17. The van der Waals surface area contributed by atoms with Crippen molar-refractivity contribution in [2.45, 2.75) is 24.9 Å². The van der Waals surface area contributed by atoms with E-state index >= 15 is 0 Å². The molecule has 22 heavy (non-hydrogen) atoms. The smallest absolute Gasteiger partial charge is 0.271 e. The van der Waals surface area contributed by atoms with Gasteiger partial charge in [-0.3, -0.25) is 4.79 Å². The highest BCUT2D eigenvalue weighted by Gasteiger charge is 2.20. The first kappa shape index (κ1) is 16.3. The summed E-state index contributed by atoms with van der Waals surface area (Å²) in [5, 5.41) is 4.52. The molecule has 1 amide bonds. The molecule has 0 spiro atoms. The molecule has 0 saturated heterocycles. The number of primary sulfonamides is 1. The van der Waals surface area contributed by atoms with Gasteiger partial charge in [-0.25, -0.2) is 13.6 Å². The van der Waals surface area contributed by atoms with E-state index in [1.807, 2.05) is 24.3 Å². The van der Waals surface area contributed by atoms with Crippen LogP contribution < -0.4 is 10.0 Å². The number of rotatable bonds is 4. The first-order chi connectivity index (χ1) is 10.2.